The quantitative estimate of drug-likeness (QED) is 0.835. The van der Waals surface area contributed by atoms with Crippen LogP contribution in [0.3, 0.4) is 0 Å². The SMILES string of the molecule is CCC(=O)NCc1cc2n(n1)CCN(Cc1cnc(N(C)C)nc1)C2. The van der Waals surface area contributed by atoms with Crippen molar-refractivity contribution in [2.24, 2.45) is 0 Å². The lowest BCUT2D eigenvalue weighted by Gasteiger charge is -2.27. The molecule has 0 bridgehead atoms. The zero-order valence-corrected chi connectivity index (χ0v) is 15.1. The second-order valence-electron chi connectivity index (χ2n) is 6.48. The molecule has 8 heteroatoms. The van der Waals surface area contributed by atoms with E-state index in [1.807, 2.05) is 43.0 Å². The van der Waals surface area contributed by atoms with E-state index in [1.54, 1.807) is 0 Å². The summed E-state index contributed by atoms with van der Waals surface area (Å²) in [5.74, 6) is 0.771. The smallest absolute Gasteiger partial charge is 0.224 e. The summed E-state index contributed by atoms with van der Waals surface area (Å²) in [7, 11) is 3.86. The topological polar surface area (TPSA) is 79.2 Å². The summed E-state index contributed by atoms with van der Waals surface area (Å²) in [6, 6.07) is 2.08. The maximum Gasteiger partial charge on any atom is 0.224 e. The number of aromatic nitrogens is 4. The fourth-order valence-electron chi connectivity index (χ4n) is 2.83. The molecule has 3 rings (SSSR count). The highest BCUT2D eigenvalue weighted by molar-refractivity contribution is 5.75. The molecule has 0 atom stereocenters. The summed E-state index contributed by atoms with van der Waals surface area (Å²) in [4.78, 5) is 24.4. The van der Waals surface area contributed by atoms with E-state index in [1.165, 1.54) is 5.69 Å². The first-order chi connectivity index (χ1) is 12.0. The molecule has 0 aromatic carbocycles. The molecule has 0 saturated heterocycles. The summed E-state index contributed by atoms with van der Waals surface area (Å²) in [6.07, 6.45) is 4.27. The van der Waals surface area contributed by atoms with E-state index in [2.05, 4.69) is 31.3 Å². The third kappa shape index (κ3) is 4.33. The standard InChI is InChI=1S/C17H25N7O/c1-4-16(25)18-10-14-7-15-12-23(5-6-24(15)21-14)11-13-8-19-17(20-9-13)22(2)3/h7-9H,4-6,10-12H2,1-3H3,(H,18,25). The van der Waals surface area contributed by atoms with Crippen molar-refractivity contribution in [3.05, 3.63) is 35.4 Å². The molecular formula is C17H25N7O. The van der Waals surface area contributed by atoms with Crippen LogP contribution in [0.2, 0.25) is 0 Å². The zero-order chi connectivity index (χ0) is 17.8. The van der Waals surface area contributed by atoms with E-state index in [0.717, 1.165) is 43.4 Å². The van der Waals surface area contributed by atoms with E-state index in [-0.39, 0.29) is 5.91 Å². The van der Waals surface area contributed by atoms with Gasteiger partial charge in [-0.3, -0.25) is 14.4 Å². The van der Waals surface area contributed by atoms with Crippen molar-refractivity contribution < 1.29 is 4.79 Å². The molecule has 3 heterocycles. The van der Waals surface area contributed by atoms with Gasteiger partial charge in [0.15, 0.2) is 0 Å². The van der Waals surface area contributed by atoms with Crippen LogP contribution in [0.5, 0.6) is 0 Å². The van der Waals surface area contributed by atoms with Gasteiger partial charge >= 0.3 is 0 Å². The van der Waals surface area contributed by atoms with Crippen LogP contribution in [0.15, 0.2) is 18.5 Å². The van der Waals surface area contributed by atoms with Crippen molar-refractivity contribution in [2.45, 2.75) is 39.5 Å². The molecule has 0 spiro atoms. The molecule has 2 aromatic rings. The second kappa shape index (κ2) is 7.60. The molecule has 8 nitrogen and oxygen atoms in total. The molecule has 134 valence electrons. The fourth-order valence-corrected chi connectivity index (χ4v) is 2.83. The molecule has 0 unspecified atom stereocenters. The average molecular weight is 343 g/mol. The van der Waals surface area contributed by atoms with Crippen molar-refractivity contribution in [2.75, 3.05) is 25.5 Å². The largest absolute Gasteiger partial charge is 0.350 e. The highest BCUT2D eigenvalue weighted by atomic mass is 16.1. The number of carbonyl (C=O) groups excluding carboxylic acids is 1. The summed E-state index contributed by atoms with van der Waals surface area (Å²) >= 11 is 0. The van der Waals surface area contributed by atoms with Crippen LogP contribution in [0.25, 0.3) is 0 Å². The van der Waals surface area contributed by atoms with E-state index in [9.17, 15) is 4.79 Å². The molecule has 0 aliphatic carbocycles. The minimum Gasteiger partial charge on any atom is -0.350 e. The van der Waals surface area contributed by atoms with Gasteiger partial charge in [0.1, 0.15) is 0 Å². The van der Waals surface area contributed by atoms with Gasteiger partial charge in [0, 0.05) is 58.1 Å². The highest BCUT2D eigenvalue weighted by Gasteiger charge is 2.19. The Morgan fingerprint density at radius 3 is 2.72 bits per heavy atom. The Labute approximate surface area is 147 Å². The van der Waals surface area contributed by atoms with E-state index >= 15 is 0 Å². The molecular weight excluding hydrogens is 318 g/mol. The number of anilines is 1. The van der Waals surface area contributed by atoms with Crippen LogP contribution in [0.1, 0.15) is 30.3 Å². The monoisotopic (exact) mass is 343 g/mol. The van der Waals surface area contributed by atoms with Crippen LogP contribution in [0.4, 0.5) is 5.95 Å². The Morgan fingerprint density at radius 1 is 1.28 bits per heavy atom. The molecule has 0 saturated carbocycles. The van der Waals surface area contributed by atoms with Gasteiger partial charge in [0.2, 0.25) is 11.9 Å². The Kier molecular flexibility index (Phi) is 5.28. The summed E-state index contributed by atoms with van der Waals surface area (Å²) in [5.41, 5.74) is 3.20. The molecule has 1 aliphatic heterocycles. The Morgan fingerprint density at radius 2 is 2.04 bits per heavy atom. The second-order valence-corrected chi connectivity index (χ2v) is 6.48. The average Bonchev–Trinajstić information content (AvgIpc) is 3.02. The maximum atomic E-state index is 11.4. The van der Waals surface area contributed by atoms with Crippen LogP contribution < -0.4 is 10.2 Å². The number of nitrogens with zero attached hydrogens (tertiary/aromatic N) is 6. The van der Waals surface area contributed by atoms with Crippen LogP contribution in [0, 0.1) is 0 Å². The van der Waals surface area contributed by atoms with Crippen molar-refractivity contribution >= 4 is 11.9 Å². The third-order valence-corrected chi connectivity index (χ3v) is 4.21. The van der Waals surface area contributed by atoms with E-state index in [4.69, 9.17) is 0 Å². The first-order valence-corrected chi connectivity index (χ1v) is 8.58. The zero-order valence-electron chi connectivity index (χ0n) is 15.1. The Balaban J connectivity index is 1.59. The van der Waals surface area contributed by atoms with Crippen LogP contribution in [-0.2, 0) is 31.0 Å². The molecule has 0 radical (unpaired) electrons. The highest BCUT2D eigenvalue weighted by Crippen LogP contribution is 2.16. The first-order valence-electron chi connectivity index (χ1n) is 8.58. The fraction of sp³-hybridized carbons (Fsp3) is 0.529. The lowest BCUT2D eigenvalue weighted by Crippen LogP contribution is -2.33. The number of carbonyl (C=O) groups is 1. The van der Waals surface area contributed by atoms with Gasteiger partial charge in [0.05, 0.1) is 24.5 Å². The van der Waals surface area contributed by atoms with Gasteiger partial charge < -0.3 is 10.2 Å². The van der Waals surface area contributed by atoms with Gasteiger partial charge in [0.25, 0.3) is 0 Å². The van der Waals surface area contributed by atoms with Crippen LogP contribution in [-0.4, -0.2) is 51.2 Å². The number of hydrogen-bond donors (Lipinski definition) is 1. The summed E-state index contributed by atoms with van der Waals surface area (Å²) in [6.45, 7) is 5.79. The Hall–Kier alpha value is -2.48. The number of nitrogens with one attached hydrogen (secondary N) is 1. The molecule has 1 amide bonds. The van der Waals surface area contributed by atoms with Gasteiger partial charge in [-0.25, -0.2) is 9.97 Å². The van der Waals surface area contributed by atoms with Crippen molar-refractivity contribution in [1.29, 1.82) is 0 Å². The minimum atomic E-state index is 0.0498. The first kappa shape index (κ1) is 17.3. The van der Waals surface area contributed by atoms with Crippen molar-refractivity contribution in [3.63, 3.8) is 0 Å². The minimum absolute atomic E-state index is 0.0498. The lowest BCUT2D eigenvalue weighted by atomic mass is 10.2. The van der Waals surface area contributed by atoms with Gasteiger partial charge in [-0.2, -0.15) is 5.10 Å². The van der Waals surface area contributed by atoms with Gasteiger partial charge in [-0.1, -0.05) is 6.92 Å². The van der Waals surface area contributed by atoms with Crippen LogP contribution >= 0.6 is 0 Å². The van der Waals surface area contributed by atoms with E-state index < -0.39 is 0 Å². The number of fused-ring (bicyclic) bond motifs is 1. The number of hydrogen-bond acceptors (Lipinski definition) is 6. The third-order valence-electron chi connectivity index (χ3n) is 4.21. The van der Waals surface area contributed by atoms with E-state index in [0.29, 0.717) is 13.0 Å². The van der Waals surface area contributed by atoms with Gasteiger partial charge in [-0.15, -0.1) is 0 Å². The molecule has 1 aliphatic rings. The summed E-state index contributed by atoms with van der Waals surface area (Å²) in [5, 5.41) is 7.45. The maximum absolute atomic E-state index is 11.4. The molecule has 1 N–H and O–H groups in total. The predicted octanol–water partition coefficient (Wildman–Crippen LogP) is 0.781. The normalized spacial score (nSPS) is 14.2. The number of rotatable bonds is 6. The molecule has 25 heavy (non-hydrogen) atoms. The number of amides is 1. The predicted molar refractivity (Wildman–Crippen MR) is 94.8 cm³/mol. The van der Waals surface area contributed by atoms with Crippen molar-refractivity contribution in [3.8, 4) is 0 Å². The Bertz CT molecular complexity index is 723. The lowest BCUT2D eigenvalue weighted by molar-refractivity contribution is -0.120. The molecule has 2 aromatic heterocycles. The van der Waals surface area contributed by atoms with Crippen molar-refractivity contribution in [1.82, 2.24) is 30.0 Å². The summed E-state index contributed by atoms with van der Waals surface area (Å²) < 4.78 is 2.04. The molecule has 0 fully saturated rings. The van der Waals surface area contributed by atoms with Gasteiger partial charge in [-0.05, 0) is 6.07 Å².